The molecule has 0 radical (unpaired) electrons. The third kappa shape index (κ3) is 4.51. The molecule has 1 saturated heterocycles. The van der Waals surface area contributed by atoms with E-state index in [2.05, 4.69) is 25.5 Å². The predicted octanol–water partition coefficient (Wildman–Crippen LogP) is 3.01. The van der Waals surface area contributed by atoms with Gasteiger partial charge in [-0.1, -0.05) is 6.92 Å². The first-order valence-corrected chi connectivity index (χ1v) is 9.01. The average molecular weight is 413 g/mol. The Morgan fingerprint density at radius 1 is 1.38 bits per heavy atom. The number of nitrogens with zero attached hydrogens (tertiary/aromatic N) is 5. The van der Waals surface area contributed by atoms with Gasteiger partial charge >= 0.3 is 12.3 Å². The highest BCUT2D eigenvalue weighted by Gasteiger charge is 2.48. The van der Waals surface area contributed by atoms with Crippen LogP contribution in [0.15, 0.2) is 18.3 Å². The number of amides is 1. The van der Waals surface area contributed by atoms with Crippen molar-refractivity contribution in [3.05, 3.63) is 24.0 Å². The Bertz CT molecular complexity index is 859. The molecule has 0 saturated carbocycles. The quantitative estimate of drug-likeness (QED) is 0.691. The van der Waals surface area contributed by atoms with Crippen molar-refractivity contribution in [2.24, 2.45) is 5.92 Å². The minimum atomic E-state index is -4.65. The molecule has 3 heterocycles. The molecule has 1 aliphatic rings. The Morgan fingerprint density at radius 2 is 2.10 bits per heavy atom. The SMILES string of the molecule is Cc1cc(Nc2cc[nH]n2)nc(N2C[C@@H](C)[C@@H](N(C(=O)O)[C@@H](C)C(F)(F)F)C2)n1. The number of hydrogen-bond donors (Lipinski definition) is 3. The van der Waals surface area contributed by atoms with Gasteiger partial charge in [-0.2, -0.15) is 23.3 Å². The molecule has 9 nitrogen and oxygen atoms in total. The van der Waals surface area contributed by atoms with Crippen LogP contribution in [-0.4, -0.2) is 67.6 Å². The number of anilines is 3. The zero-order valence-corrected chi connectivity index (χ0v) is 16.1. The van der Waals surface area contributed by atoms with Gasteiger partial charge in [-0.15, -0.1) is 0 Å². The minimum Gasteiger partial charge on any atom is -0.465 e. The van der Waals surface area contributed by atoms with E-state index in [1.165, 1.54) is 0 Å². The lowest BCUT2D eigenvalue weighted by molar-refractivity contribution is -0.178. The Labute approximate surface area is 164 Å². The van der Waals surface area contributed by atoms with Crippen molar-refractivity contribution in [3.63, 3.8) is 0 Å². The summed E-state index contributed by atoms with van der Waals surface area (Å²) in [5, 5.41) is 19.1. The van der Waals surface area contributed by atoms with E-state index < -0.39 is 24.4 Å². The predicted molar refractivity (Wildman–Crippen MR) is 99.2 cm³/mol. The lowest BCUT2D eigenvalue weighted by Gasteiger charge is -2.34. The summed E-state index contributed by atoms with van der Waals surface area (Å²) in [5.41, 5.74) is 0.655. The van der Waals surface area contributed by atoms with Crippen molar-refractivity contribution in [1.82, 2.24) is 25.1 Å². The van der Waals surface area contributed by atoms with Crippen LogP contribution in [0.2, 0.25) is 0 Å². The molecule has 2 aromatic rings. The number of halogens is 3. The molecule has 0 bridgehead atoms. The van der Waals surface area contributed by atoms with Crippen molar-refractivity contribution in [1.29, 1.82) is 0 Å². The Kier molecular flexibility index (Phi) is 5.53. The molecule has 3 N–H and O–H groups in total. The van der Waals surface area contributed by atoms with Gasteiger partial charge in [-0.05, 0) is 19.8 Å². The zero-order valence-electron chi connectivity index (χ0n) is 16.1. The van der Waals surface area contributed by atoms with Gasteiger partial charge in [0.15, 0.2) is 5.82 Å². The van der Waals surface area contributed by atoms with Crippen LogP contribution in [-0.2, 0) is 0 Å². The van der Waals surface area contributed by atoms with Crippen LogP contribution in [0.4, 0.5) is 35.5 Å². The van der Waals surface area contributed by atoms with Crippen LogP contribution in [0.5, 0.6) is 0 Å². The number of carboxylic acid groups (broad SMARTS) is 1. The molecule has 1 fully saturated rings. The largest absolute Gasteiger partial charge is 0.465 e. The van der Waals surface area contributed by atoms with E-state index >= 15 is 0 Å². The number of carbonyl (C=O) groups is 1. The summed E-state index contributed by atoms with van der Waals surface area (Å²) in [4.78, 5) is 22.6. The van der Waals surface area contributed by atoms with Gasteiger partial charge in [0.05, 0.1) is 6.04 Å². The maximum atomic E-state index is 13.2. The lowest BCUT2D eigenvalue weighted by atomic mass is 10.0. The number of aromatic nitrogens is 4. The maximum Gasteiger partial charge on any atom is 0.408 e. The fraction of sp³-hybridized carbons (Fsp3) is 0.529. The molecule has 0 spiro atoms. The van der Waals surface area contributed by atoms with Gasteiger partial charge in [0, 0.05) is 37.1 Å². The molecule has 1 aliphatic heterocycles. The second-order valence-corrected chi connectivity index (χ2v) is 7.14. The van der Waals surface area contributed by atoms with Crippen LogP contribution in [0.1, 0.15) is 19.5 Å². The van der Waals surface area contributed by atoms with Gasteiger partial charge in [0.2, 0.25) is 5.95 Å². The van der Waals surface area contributed by atoms with Crippen molar-refractivity contribution < 1.29 is 23.1 Å². The molecule has 2 aromatic heterocycles. The van der Waals surface area contributed by atoms with E-state index in [1.54, 1.807) is 37.1 Å². The summed E-state index contributed by atoms with van der Waals surface area (Å²) < 4.78 is 39.6. The Morgan fingerprint density at radius 3 is 2.69 bits per heavy atom. The fourth-order valence-electron chi connectivity index (χ4n) is 3.45. The number of aryl methyl sites for hydroxylation is 1. The van der Waals surface area contributed by atoms with Crippen LogP contribution in [0.25, 0.3) is 0 Å². The molecule has 158 valence electrons. The molecular formula is C17H22F3N7O2. The number of H-pyrrole nitrogens is 1. The highest BCUT2D eigenvalue weighted by molar-refractivity contribution is 5.66. The van der Waals surface area contributed by atoms with E-state index in [0.717, 1.165) is 6.92 Å². The van der Waals surface area contributed by atoms with Crippen molar-refractivity contribution in [2.45, 2.75) is 39.0 Å². The summed E-state index contributed by atoms with van der Waals surface area (Å²) >= 11 is 0. The Balaban J connectivity index is 1.83. The third-order valence-electron chi connectivity index (χ3n) is 4.92. The third-order valence-corrected chi connectivity index (χ3v) is 4.92. The highest BCUT2D eigenvalue weighted by Crippen LogP contribution is 2.32. The van der Waals surface area contributed by atoms with Gasteiger partial charge in [-0.3, -0.25) is 10.00 Å². The molecular weight excluding hydrogens is 391 g/mol. The molecule has 0 unspecified atom stereocenters. The van der Waals surface area contributed by atoms with Crippen molar-refractivity contribution in [3.8, 4) is 0 Å². The maximum absolute atomic E-state index is 13.2. The molecule has 1 amide bonds. The molecule has 3 atom stereocenters. The number of aromatic amines is 1. The molecule has 3 rings (SSSR count). The van der Waals surface area contributed by atoms with Crippen molar-refractivity contribution in [2.75, 3.05) is 23.3 Å². The van der Waals surface area contributed by atoms with Crippen LogP contribution < -0.4 is 10.2 Å². The topological polar surface area (TPSA) is 110 Å². The molecule has 12 heteroatoms. The van der Waals surface area contributed by atoms with Gasteiger partial charge in [-0.25, -0.2) is 9.78 Å². The monoisotopic (exact) mass is 413 g/mol. The summed E-state index contributed by atoms with van der Waals surface area (Å²) in [7, 11) is 0. The summed E-state index contributed by atoms with van der Waals surface area (Å²) in [6.07, 6.45) is -4.60. The van der Waals surface area contributed by atoms with Crippen LogP contribution >= 0.6 is 0 Å². The Hall–Kier alpha value is -3.05. The summed E-state index contributed by atoms with van der Waals surface area (Å²) in [6, 6.07) is 0.484. The van der Waals surface area contributed by atoms with E-state index in [0.29, 0.717) is 34.7 Å². The fourth-order valence-corrected chi connectivity index (χ4v) is 3.45. The first-order chi connectivity index (χ1) is 13.6. The van der Waals surface area contributed by atoms with E-state index in [-0.39, 0.29) is 12.5 Å². The number of alkyl halides is 3. The second-order valence-electron chi connectivity index (χ2n) is 7.14. The zero-order chi connectivity index (χ0) is 21.3. The molecule has 0 aromatic carbocycles. The van der Waals surface area contributed by atoms with Gasteiger partial charge in [0.1, 0.15) is 11.9 Å². The van der Waals surface area contributed by atoms with Crippen molar-refractivity contribution >= 4 is 23.7 Å². The minimum absolute atomic E-state index is 0.0686. The number of rotatable bonds is 5. The van der Waals surface area contributed by atoms with Crippen LogP contribution in [0, 0.1) is 12.8 Å². The normalized spacial score (nSPS) is 20.6. The average Bonchev–Trinajstić information content (AvgIpc) is 3.24. The van der Waals surface area contributed by atoms with E-state index in [9.17, 15) is 23.1 Å². The molecule has 29 heavy (non-hydrogen) atoms. The van der Waals surface area contributed by atoms with Crippen LogP contribution in [0.3, 0.4) is 0 Å². The number of hydrogen-bond acceptors (Lipinski definition) is 6. The molecule has 0 aliphatic carbocycles. The van der Waals surface area contributed by atoms with Gasteiger partial charge in [0.25, 0.3) is 0 Å². The second kappa shape index (κ2) is 7.76. The lowest BCUT2D eigenvalue weighted by Crippen LogP contribution is -2.54. The first-order valence-electron chi connectivity index (χ1n) is 9.01. The standard InChI is InChI=1S/C17H22F3N7O2/c1-9-7-26(8-12(9)27(16(28)29)11(3)17(18,19)20)15-22-10(2)6-14(24-15)23-13-4-5-21-25-13/h4-6,9,11-12H,7-8H2,1-3H3,(H,28,29)(H2,21,22,23,24,25)/t9-,11+,12+/m1/s1. The van der Waals surface area contributed by atoms with E-state index in [1.807, 2.05) is 0 Å². The highest BCUT2D eigenvalue weighted by atomic mass is 19.4. The first kappa shape index (κ1) is 20.7. The number of nitrogens with one attached hydrogen (secondary N) is 2. The summed E-state index contributed by atoms with van der Waals surface area (Å²) in [5.74, 6) is 1.03. The van der Waals surface area contributed by atoms with Gasteiger partial charge < -0.3 is 15.3 Å². The van der Waals surface area contributed by atoms with E-state index in [4.69, 9.17) is 0 Å². The summed E-state index contributed by atoms with van der Waals surface area (Å²) in [6.45, 7) is 4.76. The smallest absolute Gasteiger partial charge is 0.408 e.